The Morgan fingerprint density at radius 2 is 1.96 bits per heavy atom. The molecule has 1 unspecified atom stereocenters. The fourth-order valence-corrected chi connectivity index (χ4v) is 3.64. The highest BCUT2D eigenvalue weighted by molar-refractivity contribution is 7.90. The molecule has 1 aromatic carbocycles. The van der Waals surface area contributed by atoms with Crippen molar-refractivity contribution in [1.82, 2.24) is 25.6 Å². The lowest BCUT2D eigenvalue weighted by molar-refractivity contribution is 0.231. The van der Waals surface area contributed by atoms with Crippen LogP contribution in [-0.4, -0.2) is 34.9 Å². The van der Waals surface area contributed by atoms with E-state index in [1.165, 1.54) is 6.26 Å². The van der Waals surface area contributed by atoms with Crippen LogP contribution in [0.3, 0.4) is 0 Å². The van der Waals surface area contributed by atoms with Crippen molar-refractivity contribution in [2.75, 3.05) is 11.7 Å². The highest BCUT2D eigenvalue weighted by Gasteiger charge is 2.27. The third kappa shape index (κ3) is 3.56. The third-order valence-electron chi connectivity index (χ3n) is 4.54. The van der Waals surface area contributed by atoms with Crippen LogP contribution < -0.4 is 10.9 Å². The summed E-state index contributed by atoms with van der Waals surface area (Å²) in [6, 6.07) is 10.4. The molecule has 0 spiro atoms. The second kappa shape index (κ2) is 7.01. The Labute approximate surface area is 163 Å². The largest absolute Gasteiger partial charge is 0.304 e. The van der Waals surface area contributed by atoms with Crippen LogP contribution >= 0.6 is 0 Å². The van der Waals surface area contributed by atoms with Gasteiger partial charge >= 0.3 is 0 Å². The summed E-state index contributed by atoms with van der Waals surface area (Å²) < 4.78 is 23.2. The summed E-state index contributed by atoms with van der Waals surface area (Å²) >= 11 is 0. The zero-order chi connectivity index (χ0) is 19.7. The number of aromatic nitrogens is 2. The van der Waals surface area contributed by atoms with Gasteiger partial charge in [-0.25, -0.2) is 8.42 Å². The molecule has 8 nitrogen and oxygen atoms in total. The van der Waals surface area contributed by atoms with Gasteiger partial charge < -0.3 is 5.43 Å². The maximum atomic E-state index is 11.6. The minimum Gasteiger partial charge on any atom is -0.304 e. The van der Waals surface area contributed by atoms with Crippen LogP contribution in [0.25, 0.3) is 0 Å². The zero-order valence-corrected chi connectivity index (χ0v) is 16.3. The van der Waals surface area contributed by atoms with Crippen molar-refractivity contribution in [3.05, 3.63) is 84.2 Å². The molecule has 4 rings (SSSR count). The van der Waals surface area contributed by atoms with Gasteiger partial charge in [-0.05, 0) is 49.4 Å². The van der Waals surface area contributed by atoms with Crippen molar-refractivity contribution in [2.45, 2.75) is 17.9 Å². The van der Waals surface area contributed by atoms with Gasteiger partial charge in [-0.1, -0.05) is 0 Å². The van der Waals surface area contributed by atoms with E-state index in [0.717, 1.165) is 22.7 Å². The highest BCUT2D eigenvalue weighted by atomic mass is 32.2. The smallest absolute Gasteiger partial charge is 0.175 e. The van der Waals surface area contributed by atoms with E-state index in [9.17, 15) is 8.42 Å². The van der Waals surface area contributed by atoms with E-state index >= 15 is 0 Å². The first-order chi connectivity index (χ1) is 13.4. The normalized spacial score (nSPS) is 16.8. The van der Waals surface area contributed by atoms with Crippen LogP contribution in [0.4, 0.5) is 5.69 Å². The number of sulfone groups is 1. The van der Waals surface area contributed by atoms with Crippen LogP contribution in [0.5, 0.6) is 0 Å². The molecule has 0 radical (unpaired) electrons. The molecule has 2 aromatic rings. The molecule has 0 bridgehead atoms. The fraction of sp³-hybridized carbons (Fsp3) is 0.158. The molecular weight excluding hydrogens is 376 g/mol. The van der Waals surface area contributed by atoms with E-state index in [0.29, 0.717) is 4.90 Å². The number of hydrazine groups is 2. The second-order valence-corrected chi connectivity index (χ2v) is 8.58. The summed E-state index contributed by atoms with van der Waals surface area (Å²) in [7, 11) is -3.21. The Morgan fingerprint density at radius 3 is 2.64 bits per heavy atom. The maximum Gasteiger partial charge on any atom is 0.175 e. The van der Waals surface area contributed by atoms with Crippen LogP contribution in [0.2, 0.25) is 0 Å². The molecule has 3 heterocycles. The monoisotopic (exact) mass is 396 g/mol. The van der Waals surface area contributed by atoms with E-state index in [2.05, 4.69) is 28.0 Å². The van der Waals surface area contributed by atoms with Gasteiger partial charge in [0.25, 0.3) is 0 Å². The van der Waals surface area contributed by atoms with Crippen LogP contribution in [0.1, 0.15) is 18.7 Å². The standard InChI is InChI=1S/C19H20N6O2S/c1-14(18-4-3-10-20-22-18)25-19-13-24(11-9-15(19)12-21-25)23-16-5-7-17(8-6-16)28(2,26)27/h3-14,21,23H,1-2H3. The first-order valence-corrected chi connectivity index (χ1v) is 10.6. The average molecular weight is 396 g/mol. The van der Waals surface area contributed by atoms with E-state index < -0.39 is 9.84 Å². The second-order valence-electron chi connectivity index (χ2n) is 6.57. The zero-order valence-electron chi connectivity index (χ0n) is 15.4. The minimum absolute atomic E-state index is 0.0175. The number of nitrogens with one attached hydrogen (secondary N) is 2. The van der Waals surface area contributed by atoms with Crippen LogP contribution in [-0.2, 0) is 9.84 Å². The highest BCUT2D eigenvalue weighted by Crippen LogP contribution is 2.31. The lowest BCUT2D eigenvalue weighted by atomic mass is 10.1. The number of hydrogen-bond acceptors (Lipinski definition) is 8. The van der Waals surface area contributed by atoms with Gasteiger partial charge in [0.1, 0.15) is 0 Å². The molecule has 9 heteroatoms. The molecule has 0 saturated carbocycles. The van der Waals surface area contributed by atoms with Crippen molar-refractivity contribution in [1.29, 1.82) is 0 Å². The Kier molecular flexibility index (Phi) is 4.52. The summed E-state index contributed by atoms with van der Waals surface area (Å²) in [4.78, 5) is 0.291. The number of anilines is 1. The third-order valence-corrected chi connectivity index (χ3v) is 5.67. The van der Waals surface area contributed by atoms with E-state index in [4.69, 9.17) is 0 Å². The number of fused-ring (bicyclic) bond motifs is 1. The summed E-state index contributed by atoms with van der Waals surface area (Å²) in [6.07, 6.45) is 10.6. The van der Waals surface area contributed by atoms with Gasteiger partial charge in [0.15, 0.2) is 9.84 Å². The number of hydrogen-bond donors (Lipinski definition) is 2. The Hall–Kier alpha value is -3.33. The molecule has 0 fully saturated rings. The van der Waals surface area contributed by atoms with Crippen LogP contribution in [0.15, 0.2) is 83.4 Å². The first-order valence-electron chi connectivity index (χ1n) is 8.70. The molecule has 0 aliphatic carbocycles. The Morgan fingerprint density at radius 1 is 1.18 bits per heavy atom. The van der Waals surface area contributed by atoms with Gasteiger partial charge in [0.05, 0.1) is 34.2 Å². The predicted molar refractivity (Wildman–Crippen MR) is 106 cm³/mol. The predicted octanol–water partition coefficient (Wildman–Crippen LogP) is 2.34. The van der Waals surface area contributed by atoms with Crippen molar-refractivity contribution in [2.24, 2.45) is 0 Å². The average Bonchev–Trinajstić information content (AvgIpc) is 3.11. The van der Waals surface area contributed by atoms with E-state index in [-0.39, 0.29) is 6.04 Å². The van der Waals surface area contributed by atoms with Gasteiger partial charge in [-0.15, -0.1) is 0 Å². The lowest BCUT2D eigenvalue weighted by Gasteiger charge is -2.31. The molecule has 144 valence electrons. The van der Waals surface area contributed by atoms with Crippen molar-refractivity contribution >= 4 is 15.5 Å². The Bertz CT molecular complexity index is 1060. The number of nitrogens with zero attached hydrogens (tertiary/aromatic N) is 4. The fourth-order valence-electron chi connectivity index (χ4n) is 3.01. The van der Waals surface area contributed by atoms with Gasteiger partial charge in [-0.2, -0.15) is 10.2 Å². The summed E-state index contributed by atoms with van der Waals surface area (Å²) in [5.41, 5.74) is 10.2. The maximum absolute atomic E-state index is 11.6. The molecule has 2 aliphatic heterocycles. The topological polar surface area (TPSA) is 90.5 Å². The van der Waals surface area contributed by atoms with Crippen molar-refractivity contribution in [3.63, 3.8) is 0 Å². The summed E-state index contributed by atoms with van der Waals surface area (Å²) in [6.45, 7) is 2.05. The molecule has 28 heavy (non-hydrogen) atoms. The molecule has 0 amide bonds. The number of benzene rings is 1. The summed E-state index contributed by atoms with van der Waals surface area (Å²) in [5.74, 6) is 0. The molecule has 1 aromatic heterocycles. The molecule has 2 N–H and O–H groups in total. The minimum atomic E-state index is -3.21. The van der Waals surface area contributed by atoms with E-state index in [1.54, 1.807) is 30.5 Å². The lowest BCUT2D eigenvalue weighted by Crippen LogP contribution is -2.34. The number of allylic oxidation sites excluding steroid dienone is 1. The van der Waals surface area contributed by atoms with Crippen molar-refractivity contribution < 1.29 is 8.42 Å². The van der Waals surface area contributed by atoms with Crippen molar-refractivity contribution in [3.8, 4) is 0 Å². The number of rotatable bonds is 5. The SMILES string of the molecule is CC(c1cccnn1)N1NC=C2C=CN(Nc3ccc(S(C)(=O)=O)cc3)C=C21. The molecule has 0 saturated heterocycles. The Balaban J connectivity index is 1.52. The first kappa shape index (κ1) is 18.1. The van der Waals surface area contributed by atoms with Crippen LogP contribution in [0, 0.1) is 0 Å². The molecular formula is C19H20N6O2S. The van der Waals surface area contributed by atoms with Gasteiger partial charge in [0, 0.05) is 30.4 Å². The van der Waals surface area contributed by atoms with Gasteiger partial charge in [-0.3, -0.25) is 15.4 Å². The molecule has 1 atom stereocenters. The molecule has 2 aliphatic rings. The quantitative estimate of drug-likeness (QED) is 0.796. The van der Waals surface area contributed by atoms with Gasteiger partial charge in [0.2, 0.25) is 0 Å². The van der Waals surface area contributed by atoms with E-state index in [1.807, 2.05) is 46.8 Å². The summed E-state index contributed by atoms with van der Waals surface area (Å²) in [5, 5.41) is 12.0.